The molecule has 0 spiro atoms. The van der Waals surface area contributed by atoms with E-state index < -0.39 is 11.9 Å². The van der Waals surface area contributed by atoms with Crippen LogP contribution in [0.5, 0.6) is 17.2 Å². The summed E-state index contributed by atoms with van der Waals surface area (Å²) in [6.07, 6.45) is 4.70. The number of likely N-dealkylation sites (tertiary alicyclic amines) is 1. The maximum Gasteiger partial charge on any atom is 0.414 e. The number of thiophene rings is 1. The molecule has 2 fully saturated rings. The number of phenolic OH excluding ortho intramolecular Hbond substituents is 1. The summed E-state index contributed by atoms with van der Waals surface area (Å²) < 4.78 is 12.8. The highest BCUT2D eigenvalue weighted by molar-refractivity contribution is 7.22. The van der Waals surface area contributed by atoms with Crippen LogP contribution in [-0.2, 0) is 27.3 Å². The Kier molecular flexibility index (Phi) is 10.2. The Morgan fingerprint density at radius 1 is 1.00 bits per heavy atom. The van der Waals surface area contributed by atoms with Gasteiger partial charge in [0.25, 0.3) is 0 Å². The van der Waals surface area contributed by atoms with Gasteiger partial charge in [0.05, 0.1) is 13.2 Å². The molecular formula is C34H36N2O8S. The average Bonchev–Trinajstić information content (AvgIpc) is 3.78. The number of fused-ring (bicyclic) bond motifs is 1. The summed E-state index contributed by atoms with van der Waals surface area (Å²) in [5, 5.41) is 29.0. The zero-order valence-corrected chi connectivity index (χ0v) is 25.8. The molecule has 45 heavy (non-hydrogen) atoms. The van der Waals surface area contributed by atoms with Crippen molar-refractivity contribution in [1.29, 1.82) is 0 Å². The summed E-state index contributed by atoms with van der Waals surface area (Å²) in [6, 6.07) is 20.5. The second-order valence-corrected chi connectivity index (χ2v) is 12.2. The van der Waals surface area contributed by atoms with E-state index in [4.69, 9.17) is 29.3 Å². The Labute approximate surface area is 264 Å². The van der Waals surface area contributed by atoms with Crippen molar-refractivity contribution in [2.45, 2.75) is 44.7 Å². The zero-order valence-electron chi connectivity index (χ0n) is 25.0. The van der Waals surface area contributed by atoms with Gasteiger partial charge < -0.3 is 30.1 Å². The number of methoxy groups -OCH3 is 1. The van der Waals surface area contributed by atoms with Crippen LogP contribution in [0.15, 0.2) is 60.7 Å². The van der Waals surface area contributed by atoms with Crippen molar-refractivity contribution in [2.24, 2.45) is 0 Å². The molecule has 2 saturated heterocycles. The molecule has 0 saturated carbocycles. The number of rotatable bonds is 9. The lowest BCUT2D eigenvalue weighted by atomic mass is 9.97. The van der Waals surface area contributed by atoms with E-state index in [1.54, 1.807) is 24.5 Å². The standard InChI is InChI=1S/C32H34N2O4S.C2H2O4/c1-37-29-17-21(4-5-23(29)19-34-14-2-3-15-34)16-28-27-12-9-25(35)18-30(27)39-32(28)22-6-10-26(11-7-22)38-20-24-8-13-31(36)33-24;3-1(4)2(5)6/h4-7,9-12,17-18,24,35H,2-3,8,13-16,19-20H2,1H3,(H,33,36);(H,3,4)(H,5,6). The third-order valence-electron chi connectivity index (χ3n) is 7.94. The van der Waals surface area contributed by atoms with Crippen molar-refractivity contribution in [2.75, 3.05) is 26.8 Å². The van der Waals surface area contributed by atoms with Crippen molar-refractivity contribution in [1.82, 2.24) is 10.2 Å². The minimum Gasteiger partial charge on any atom is -0.508 e. The lowest BCUT2D eigenvalue weighted by Crippen LogP contribution is -2.30. The largest absolute Gasteiger partial charge is 0.508 e. The molecule has 4 aromatic rings. The van der Waals surface area contributed by atoms with Gasteiger partial charge in [0.2, 0.25) is 5.91 Å². The van der Waals surface area contributed by atoms with E-state index in [2.05, 4.69) is 40.5 Å². The second kappa shape index (κ2) is 14.4. The Bertz CT molecular complexity index is 1670. The number of ether oxygens (including phenoxy) is 2. The maximum absolute atomic E-state index is 11.5. The quantitative estimate of drug-likeness (QED) is 0.181. The Balaban J connectivity index is 0.000000609. The van der Waals surface area contributed by atoms with Crippen molar-refractivity contribution in [3.05, 3.63) is 77.4 Å². The highest BCUT2D eigenvalue weighted by Gasteiger charge is 2.21. The Morgan fingerprint density at radius 2 is 1.73 bits per heavy atom. The molecule has 2 aliphatic rings. The van der Waals surface area contributed by atoms with Crippen molar-refractivity contribution in [3.8, 4) is 27.7 Å². The van der Waals surface area contributed by atoms with Crippen LogP contribution >= 0.6 is 11.3 Å². The predicted molar refractivity (Wildman–Crippen MR) is 171 cm³/mol. The van der Waals surface area contributed by atoms with Gasteiger partial charge in [-0.25, -0.2) is 9.59 Å². The molecule has 3 heterocycles. The Hall–Kier alpha value is -4.61. The summed E-state index contributed by atoms with van der Waals surface area (Å²) in [7, 11) is 1.76. The van der Waals surface area contributed by atoms with Gasteiger partial charge in [-0.15, -0.1) is 11.3 Å². The van der Waals surface area contributed by atoms with E-state index in [1.807, 2.05) is 24.3 Å². The van der Waals surface area contributed by atoms with Crippen LogP contribution < -0.4 is 14.8 Å². The number of aliphatic carboxylic acids is 2. The van der Waals surface area contributed by atoms with Crippen molar-refractivity contribution >= 4 is 39.3 Å². The number of carboxylic acid groups (broad SMARTS) is 2. The van der Waals surface area contributed by atoms with E-state index in [0.29, 0.717) is 13.0 Å². The topological polar surface area (TPSA) is 146 Å². The maximum atomic E-state index is 11.5. The molecule has 1 atom stereocenters. The van der Waals surface area contributed by atoms with E-state index in [9.17, 15) is 9.90 Å². The molecule has 1 aromatic heterocycles. The third-order valence-corrected chi connectivity index (χ3v) is 9.18. The molecule has 4 N–H and O–H groups in total. The van der Waals surface area contributed by atoms with Crippen LogP contribution in [0.2, 0.25) is 0 Å². The summed E-state index contributed by atoms with van der Waals surface area (Å²) >= 11 is 1.70. The molecule has 0 bridgehead atoms. The fourth-order valence-corrected chi connectivity index (χ4v) is 6.92. The molecular weight excluding hydrogens is 596 g/mol. The first kappa shape index (κ1) is 31.8. The number of carbonyl (C=O) groups is 3. The predicted octanol–water partition coefficient (Wildman–Crippen LogP) is 5.28. The normalized spacial score (nSPS) is 16.2. The van der Waals surface area contributed by atoms with Crippen molar-refractivity contribution in [3.63, 3.8) is 0 Å². The van der Waals surface area contributed by atoms with E-state index in [0.717, 1.165) is 59.6 Å². The average molecular weight is 633 g/mol. The second-order valence-electron chi connectivity index (χ2n) is 11.1. The summed E-state index contributed by atoms with van der Waals surface area (Å²) in [6.45, 7) is 3.72. The highest BCUT2D eigenvalue weighted by atomic mass is 32.1. The number of carboxylic acids is 2. The molecule has 6 rings (SSSR count). The number of nitrogens with one attached hydrogen (secondary N) is 1. The van der Waals surface area contributed by atoms with Gasteiger partial charge in [0, 0.05) is 28.1 Å². The number of hydrogen-bond donors (Lipinski definition) is 4. The number of benzene rings is 3. The zero-order chi connectivity index (χ0) is 31.9. The van der Waals surface area contributed by atoms with Gasteiger partial charge in [-0.2, -0.15) is 0 Å². The highest BCUT2D eigenvalue weighted by Crippen LogP contribution is 2.42. The van der Waals surface area contributed by atoms with Gasteiger partial charge >= 0.3 is 11.9 Å². The number of phenols is 1. The third kappa shape index (κ3) is 8.11. The molecule has 11 heteroatoms. The lowest BCUT2D eigenvalue weighted by molar-refractivity contribution is -0.159. The molecule has 0 aliphatic carbocycles. The first-order valence-electron chi connectivity index (χ1n) is 14.8. The summed E-state index contributed by atoms with van der Waals surface area (Å²) in [5.41, 5.74) is 4.79. The minimum atomic E-state index is -1.82. The fourth-order valence-electron chi connectivity index (χ4n) is 5.66. The Morgan fingerprint density at radius 3 is 2.38 bits per heavy atom. The van der Waals surface area contributed by atoms with Crippen molar-refractivity contribution < 1.29 is 39.2 Å². The molecule has 236 valence electrons. The number of aromatic hydroxyl groups is 1. The van der Waals surface area contributed by atoms with Crippen LogP contribution in [0.4, 0.5) is 0 Å². The van der Waals surface area contributed by atoms with E-state index >= 15 is 0 Å². The van der Waals surface area contributed by atoms with Crippen LogP contribution in [0.3, 0.4) is 0 Å². The van der Waals surface area contributed by atoms with Gasteiger partial charge in [-0.3, -0.25) is 9.69 Å². The molecule has 0 radical (unpaired) electrons. The smallest absolute Gasteiger partial charge is 0.414 e. The van der Waals surface area contributed by atoms with E-state index in [1.165, 1.54) is 34.4 Å². The number of amides is 1. The first-order chi connectivity index (χ1) is 21.7. The number of nitrogens with zero attached hydrogens (tertiary/aromatic N) is 1. The van der Waals surface area contributed by atoms with Crippen LogP contribution in [0, 0.1) is 0 Å². The molecule has 1 amide bonds. The van der Waals surface area contributed by atoms with Crippen LogP contribution in [-0.4, -0.2) is 70.9 Å². The number of carbonyl (C=O) groups excluding carboxylic acids is 1. The lowest BCUT2D eigenvalue weighted by Gasteiger charge is -2.18. The van der Waals surface area contributed by atoms with Crippen LogP contribution in [0.25, 0.3) is 20.5 Å². The van der Waals surface area contributed by atoms with Gasteiger partial charge in [-0.1, -0.05) is 12.1 Å². The molecule has 10 nitrogen and oxygen atoms in total. The molecule has 3 aromatic carbocycles. The summed E-state index contributed by atoms with van der Waals surface area (Å²) in [5.74, 6) is -1.54. The van der Waals surface area contributed by atoms with Gasteiger partial charge in [-0.05, 0) is 109 Å². The van der Waals surface area contributed by atoms with Gasteiger partial charge in [0.15, 0.2) is 0 Å². The fraction of sp³-hybridized carbons (Fsp3) is 0.324. The first-order valence-corrected chi connectivity index (χ1v) is 15.6. The van der Waals surface area contributed by atoms with E-state index in [-0.39, 0.29) is 17.7 Å². The SMILES string of the molecule is COc1cc(Cc2c(-c3ccc(OCC4CCC(=O)N4)cc3)sc3cc(O)ccc23)ccc1CN1CCCC1.O=C(O)C(=O)O. The molecule has 2 aliphatic heterocycles. The monoisotopic (exact) mass is 632 g/mol. The molecule has 1 unspecified atom stereocenters. The van der Waals surface area contributed by atoms with Crippen LogP contribution in [0.1, 0.15) is 42.4 Å². The number of hydrogen-bond acceptors (Lipinski definition) is 8. The summed E-state index contributed by atoms with van der Waals surface area (Å²) in [4.78, 5) is 33.3. The van der Waals surface area contributed by atoms with Gasteiger partial charge in [0.1, 0.15) is 23.9 Å². The minimum absolute atomic E-state index is 0.0813.